The van der Waals surface area contributed by atoms with E-state index < -0.39 is 25.0 Å². The fraction of sp³-hybridized carbons (Fsp3) is 0.364. The smallest absolute Gasteiger partial charge is 0.265 e. The second-order valence-corrected chi connectivity index (χ2v) is 4.46. The maximum absolute atomic E-state index is 12.0. The monoisotopic (exact) mass is 297 g/mol. The fourth-order valence-corrected chi connectivity index (χ4v) is 1.68. The van der Waals surface area contributed by atoms with Gasteiger partial charge in [-0.2, -0.15) is 0 Å². The molecule has 0 saturated heterocycles. The number of aliphatic hydroxyl groups is 1. The van der Waals surface area contributed by atoms with E-state index >= 15 is 0 Å². The molecule has 0 aromatic heterocycles. The lowest BCUT2D eigenvalue weighted by atomic mass is 10.1. The lowest BCUT2D eigenvalue weighted by molar-refractivity contribution is -0.121. The van der Waals surface area contributed by atoms with Crippen molar-refractivity contribution in [2.75, 3.05) is 6.54 Å². The molecule has 0 heterocycles. The van der Waals surface area contributed by atoms with Gasteiger partial charge in [0.25, 0.3) is 6.43 Å². The van der Waals surface area contributed by atoms with Crippen LogP contribution in [0.15, 0.2) is 18.2 Å². The van der Waals surface area contributed by atoms with Crippen molar-refractivity contribution in [3.05, 3.63) is 33.8 Å². The van der Waals surface area contributed by atoms with Gasteiger partial charge in [-0.05, 0) is 17.7 Å². The van der Waals surface area contributed by atoms with Gasteiger partial charge in [0.15, 0.2) is 0 Å². The number of carbonyl (C=O) groups is 1. The maximum atomic E-state index is 12.0. The zero-order valence-corrected chi connectivity index (χ0v) is 10.7. The van der Waals surface area contributed by atoms with E-state index in [1.807, 2.05) is 0 Å². The highest BCUT2D eigenvalue weighted by Crippen LogP contribution is 2.21. The van der Waals surface area contributed by atoms with Crippen LogP contribution in [-0.4, -0.2) is 30.1 Å². The number of hydrogen-bond acceptors (Lipinski definition) is 2. The van der Waals surface area contributed by atoms with Crippen molar-refractivity contribution in [3.63, 3.8) is 0 Å². The van der Waals surface area contributed by atoms with Crippen LogP contribution in [-0.2, 0) is 11.2 Å². The molecular weight excluding hydrogens is 287 g/mol. The molecule has 0 aliphatic rings. The lowest BCUT2D eigenvalue weighted by Crippen LogP contribution is -2.36. The van der Waals surface area contributed by atoms with Gasteiger partial charge < -0.3 is 10.4 Å². The minimum Gasteiger partial charge on any atom is -0.385 e. The Morgan fingerprint density at radius 1 is 1.39 bits per heavy atom. The van der Waals surface area contributed by atoms with Crippen LogP contribution >= 0.6 is 23.2 Å². The molecule has 18 heavy (non-hydrogen) atoms. The SMILES string of the molecule is O=C(Cc1ccc(Cl)cc1Cl)NCC(O)C(F)F. The first-order chi connectivity index (χ1) is 8.40. The molecular formula is C11H11Cl2F2NO2. The predicted octanol–water partition coefficient (Wildman–Crippen LogP) is 2.28. The number of hydrogen-bond donors (Lipinski definition) is 2. The zero-order chi connectivity index (χ0) is 13.7. The molecule has 1 amide bonds. The van der Waals surface area contributed by atoms with Crippen molar-refractivity contribution in [2.45, 2.75) is 19.0 Å². The van der Waals surface area contributed by atoms with E-state index in [0.29, 0.717) is 15.6 Å². The summed E-state index contributed by atoms with van der Waals surface area (Å²) in [7, 11) is 0. The molecule has 0 radical (unpaired) electrons. The molecule has 0 spiro atoms. The second-order valence-electron chi connectivity index (χ2n) is 3.62. The molecule has 0 bridgehead atoms. The van der Waals surface area contributed by atoms with Crippen LogP contribution in [0.3, 0.4) is 0 Å². The van der Waals surface area contributed by atoms with Gasteiger partial charge in [0, 0.05) is 16.6 Å². The van der Waals surface area contributed by atoms with E-state index in [9.17, 15) is 13.6 Å². The summed E-state index contributed by atoms with van der Waals surface area (Å²) in [6.45, 7) is -0.498. The Hall–Kier alpha value is -0.910. The van der Waals surface area contributed by atoms with E-state index in [0.717, 1.165) is 0 Å². The number of nitrogens with one attached hydrogen (secondary N) is 1. The summed E-state index contributed by atoms with van der Waals surface area (Å²) in [5, 5.41) is 11.8. The Balaban J connectivity index is 2.50. The van der Waals surface area contributed by atoms with E-state index in [1.54, 1.807) is 12.1 Å². The summed E-state index contributed by atoms with van der Waals surface area (Å²) >= 11 is 11.5. The molecule has 1 unspecified atom stereocenters. The van der Waals surface area contributed by atoms with Gasteiger partial charge in [-0.3, -0.25) is 4.79 Å². The van der Waals surface area contributed by atoms with Crippen LogP contribution in [0.5, 0.6) is 0 Å². The summed E-state index contributed by atoms with van der Waals surface area (Å²) in [6.07, 6.45) is -4.81. The highest BCUT2D eigenvalue weighted by molar-refractivity contribution is 6.35. The number of carbonyl (C=O) groups excluding carboxylic acids is 1. The number of benzene rings is 1. The van der Waals surface area contributed by atoms with Crippen molar-refractivity contribution < 1.29 is 18.7 Å². The van der Waals surface area contributed by atoms with Crippen LogP contribution in [0, 0.1) is 0 Å². The average Bonchev–Trinajstić information content (AvgIpc) is 2.29. The highest BCUT2D eigenvalue weighted by atomic mass is 35.5. The largest absolute Gasteiger partial charge is 0.385 e. The maximum Gasteiger partial charge on any atom is 0.265 e. The lowest BCUT2D eigenvalue weighted by Gasteiger charge is -2.11. The molecule has 1 atom stereocenters. The molecule has 0 saturated carbocycles. The molecule has 2 N–H and O–H groups in total. The number of alkyl halides is 2. The quantitative estimate of drug-likeness (QED) is 0.876. The zero-order valence-electron chi connectivity index (χ0n) is 9.17. The summed E-state index contributed by atoms with van der Waals surface area (Å²) in [4.78, 5) is 11.4. The topological polar surface area (TPSA) is 49.3 Å². The Kier molecular flexibility index (Phi) is 5.78. The normalized spacial score (nSPS) is 12.6. The first-order valence-corrected chi connectivity index (χ1v) is 5.82. The van der Waals surface area contributed by atoms with Gasteiger partial charge >= 0.3 is 0 Å². The van der Waals surface area contributed by atoms with Crippen molar-refractivity contribution >= 4 is 29.1 Å². The number of halogens is 4. The number of amides is 1. The van der Waals surface area contributed by atoms with Crippen molar-refractivity contribution in [2.24, 2.45) is 0 Å². The molecule has 7 heteroatoms. The Morgan fingerprint density at radius 2 is 2.06 bits per heavy atom. The van der Waals surface area contributed by atoms with E-state index in [-0.39, 0.29) is 6.42 Å². The minimum absolute atomic E-state index is 0.0635. The third-order valence-corrected chi connectivity index (χ3v) is 2.75. The Bertz CT molecular complexity index is 430. The first kappa shape index (κ1) is 15.1. The molecule has 0 aliphatic heterocycles. The van der Waals surface area contributed by atoms with Gasteiger partial charge in [0.1, 0.15) is 6.10 Å². The molecule has 0 aliphatic carbocycles. The van der Waals surface area contributed by atoms with Crippen LogP contribution in [0.1, 0.15) is 5.56 Å². The summed E-state index contributed by atoms with van der Waals surface area (Å²) in [5.41, 5.74) is 0.533. The fourth-order valence-electron chi connectivity index (χ4n) is 1.21. The van der Waals surface area contributed by atoms with Crippen molar-refractivity contribution in [3.8, 4) is 0 Å². The van der Waals surface area contributed by atoms with Gasteiger partial charge in [-0.1, -0.05) is 29.3 Å². The van der Waals surface area contributed by atoms with Crippen molar-refractivity contribution in [1.82, 2.24) is 5.32 Å². The molecule has 1 rings (SSSR count). The van der Waals surface area contributed by atoms with Crippen LogP contribution < -0.4 is 5.32 Å². The number of aliphatic hydroxyl groups excluding tert-OH is 1. The molecule has 3 nitrogen and oxygen atoms in total. The summed E-state index contributed by atoms with van der Waals surface area (Å²) in [6, 6.07) is 4.64. The third-order valence-electron chi connectivity index (χ3n) is 2.17. The Morgan fingerprint density at radius 3 is 2.61 bits per heavy atom. The Labute approximate surface area is 113 Å². The van der Waals surface area contributed by atoms with Crippen LogP contribution in [0.2, 0.25) is 10.0 Å². The minimum atomic E-state index is -2.88. The van der Waals surface area contributed by atoms with Gasteiger partial charge in [-0.25, -0.2) is 8.78 Å². The summed E-state index contributed by atoms with van der Waals surface area (Å²) < 4.78 is 24.0. The average molecular weight is 298 g/mol. The molecule has 1 aromatic rings. The molecule has 0 fully saturated rings. The highest BCUT2D eigenvalue weighted by Gasteiger charge is 2.17. The third kappa shape index (κ3) is 4.76. The standard InChI is InChI=1S/C11H11Cl2F2NO2/c12-7-2-1-6(8(13)4-7)3-10(18)16-5-9(17)11(14)15/h1-2,4,9,11,17H,3,5H2,(H,16,18). The van der Waals surface area contributed by atoms with Gasteiger partial charge in [0.05, 0.1) is 6.42 Å². The molecule has 1 aromatic carbocycles. The number of rotatable bonds is 5. The summed E-state index contributed by atoms with van der Waals surface area (Å²) in [5.74, 6) is -0.501. The molecule has 100 valence electrons. The van der Waals surface area contributed by atoms with Crippen LogP contribution in [0.25, 0.3) is 0 Å². The predicted molar refractivity (Wildman–Crippen MR) is 65.2 cm³/mol. The van der Waals surface area contributed by atoms with Gasteiger partial charge in [0.2, 0.25) is 5.91 Å². The first-order valence-electron chi connectivity index (χ1n) is 5.07. The second kappa shape index (κ2) is 6.87. The van der Waals surface area contributed by atoms with E-state index in [1.165, 1.54) is 6.07 Å². The van der Waals surface area contributed by atoms with Crippen molar-refractivity contribution in [1.29, 1.82) is 0 Å². The van der Waals surface area contributed by atoms with E-state index in [2.05, 4.69) is 5.32 Å². The van der Waals surface area contributed by atoms with Crippen LogP contribution in [0.4, 0.5) is 8.78 Å². The van der Waals surface area contributed by atoms with Gasteiger partial charge in [-0.15, -0.1) is 0 Å². The van der Waals surface area contributed by atoms with E-state index in [4.69, 9.17) is 28.3 Å².